The monoisotopic (exact) mass is 457 g/mol. The lowest BCUT2D eigenvalue weighted by Gasteiger charge is -2.27. The number of nitrogens with one attached hydrogen (secondary N) is 1. The largest absolute Gasteiger partial charge is 0.394 e. The van der Waals surface area contributed by atoms with Crippen molar-refractivity contribution in [3.63, 3.8) is 0 Å². The minimum atomic E-state index is -4.87. The van der Waals surface area contributed by atoms with Gasteiger partial charge in [-0.25, -0.2) is 21.6 Å². The van der Waals surface area contributed by atoms with E-state index in [1.165, 1.54) is 0 Å². The number of anilines is 1. The van der Waals surface area contributed by atoms with Gasteiger partial charge in [-0.15, -0.1) is 0 Å². The first-order valence-electron chi connectivity index (χ1n) is 8.26. The summed E-state index contributed by atoms with van der Waals surface area (Å²) >= 11 is 0. The molecule has 0 fully saturated rings. The highest BCUT2D eigenvalue weighted by atomic mass is 32.2. The molecular formula is C17H17F6N3O3S. The topological polar surface area (TPSA) is 81.1 Å². The standard InChI is InChI=1S/C17H17F6N3O3S/c1-16(2,17(21,22)23)8-30(28,29)11-7-26(3)13(12(11)18)15(27)25-9-4-5-24-10(6-9)14(19)20/h4-7,14H,8H2,1-3H3,(H,24,25,27). The number of rotatable bonds is 6. The van der Waals surface area contributed by atoms with Crippen LogP contribution in [-0.2, 0) is 16.9 Å². The lowest BCUT2D eigenvalue weighted by atomic mass is 9.96. The molecule has 30 heavy (non-hydrogen) atoms. The molecular weight excluding hydrogens is 440 g/mol. The fraction of sp³-hybridized carbons (Fsp3) is 0.412. The number of halogens is 6. The van der Waals surface area contributed by atoms with Crippen LogP contribution in [0, 0.1) is 11.2 Å². The predicted octanol–water partition coefficient (Wildman–Crippen LogP) is 4.11. The number of carbonyl (C=O) groups excluding carboxylic acids is 1. The van der Waals surface area contributed by atoms with Gasteiger partial charge in [0.1, 0.15) is 16.3 Å². The highest BCUT2D eigenvalue weighted by molar-refractivity contribution is 7.91. The zero-order valence-corrected chi connectivity index (χ0v) is 16.7. The fourth-order valence-electron chi connectivity index (χ4n) is 2.52. The molecule has 0 saturated heterocycles. The van der Waals surface area contributed by atoms with Crippen LogP contribution >= 0.6 is 0 Å². The van der Waals surface area contributed by atoms with Gasteiger partial charge in [0.25, 0.3) is 12.3 Å². The summed E-state index contributed by atoms with van der Waals surface area (Å²) in [5.74, 6) is -4.16. The van der Waals surface area contributed by atoms with Gasteiger partial charge in [-0.05, 0) is 12.1 Å². The van der Waals surface area contributed by atoms with Gasteiger partial charge < -0.3 is 9.88 Å². The number of carbonyl (C=O) groups is 1. The van der Waals surface area contributed by atoms with Crippen LogP contribution in [0.15, 0.2) is 29.4 Å². The second-order valence-corrected chi connectivity index (χ2v) is 9.09. The van der Waals surface area contributed by atoms with Crippen molar-refractivity contribution in [2.24, 2.45) is 12.5 Å². The van der Waals surface area contributed by atoms with E-state index in [-0.39, 0.29) is 5.69 Å². The smallest absolute Gasteiger partial charge is 0.343 e. The number of pyridine rings is 1. The average molecular weight is 457 g/mol. The van der Waals surface area contributed by atoms with E-state index in [9.17, 15) is 39.6 Å². The molecule has 13 heteroatoms. The first-order valence-corrected chi connectivity index (χ1v) is 9.92. The summed E-state index contributed by atoms with van der Waals surface area (Å²) in [5, 5.41) is 2.12. The van der Waals surface area contributed by atoms with Crippen molar-refractivity contribution in [1.82, 2.24) is 9.55 Å². The Kier molecular flexibility index (Phi) is 6.27. The molecule has 0 spiro atoms. The van der Waals surface area contributed by atoms with Crippen LogP contribution in [0.3, 0.4) is 0 Å². The summed E-state index contributed by atoms with van der Waals surface area (Å²) in [5.41, 5.74) is -4.28. The Labute approximate surface area is 167 Å². The van der Waals surface area contributed by atoms with Crippen LogP contribution < -0.4 is 5.32 Å². The van der Waals surface area contributed by atoms with Crippen LogP contribution in [0.5, 0.6) is 0 Å². The summed E-state index contributed by atoms with van der Waals surface area (Å²) in [6.45, 7) is 1.31. The third-order valence-corrected chi connectivity index (χ3v) is 6.28. The van der Waals surface area contributed by atoms with E-state index in [1.54, 1.807) is 0 Å². The summed E-state index contributed by atoms with van der Waals surface area (Å²) in [6.07, 6.45) is -6.13. The molecule has 2 heterocycles. The number of sulfone groups is 1. The molecule has 0 bridgehead atoms. The molecule has 0 aliphatic rings. The van der Waals surface area contributed by atoms with E-state index < -0.39 is 61.6 Å². The maximum Gasteiger partial charge on any atom is 0.394 e. The molecule has 0 aliphatic heterocycles. The van der Waals surface area contributed by atoms with Gasteiger partial charge in [0.05, 0.1) is 11.2 Å². The molecule has 2 aromatic rings. The van der Waals surface area contributed by atoms with Gasteiger partial charge in [0.15, 0.2) is 15.7 Å². The third kappa shape index (κ3) is 4.77. The van der Waals surface area contributed by atoms with Crippen molar-refractivity contribution >= 4 is 21.4 Å². The fourth-order valence-corrected chi connectivity index (χ4v) is 4.47. The van der Waals surface area contributed by atoms with Crippen LogP contribution in [-0.4, -0.2) is 35.8 Å². The van der Waals surface area contributed by atoms with Gasteiger partial charge in [-0.1, -0.05) is 13.8 Å². The molecule has 0 radical (unpaired) electrons. The molecule has 2 aromatic heterocycles. The Morgan fingerprint density at radius 2 is 1.87 bits per heavy atom. The van der Waals surface area contributed by atoms with Crippen molar-refractivity contribution in [3.8, 4) is 0 Å². The number of aromatic nitrogens is 2. The van der Waals surface area contributed by atoms with Crippen LogP contribution in [0.2, 0.25) is 0 Å². The van der Waals surface area contributed by atoms with Crippen LogP contribution in [0.4, 0.5) is 32.0 Å². The minimum absolute atomic E-state index is 0.159. The molecule has 1 amide bonds. The first kappa shape index (κ1) is 23.7. The van der Waals surface area contributed by atoms with Gasteiger partial charge >= 0.3 is 6.18 Å². The Hall–Kier alpha value is -2.57. The summed E-state index contributed by atoms with van der Waals surface area (Å²) in [7, 11) is -3.65. The highest BCUT2D eigenvalue weighted by Crippen LogP contribution is 2.40. The molecule has 0 aromatic carbocycles. The molecule has 0 unspecified atom stereocenters. The quantitative estimate of drug-likeness (QED) is 0.662. The third-order valence-electron chi connectivity index (χ3n) is 4.22. The number of aryl methyl sites for hydroxylation is 1. The van der Waals surface area contributed by atoms with Crippen molar-refractivity contribution in [3.05, 3.63) is 41.7 Å². The maximum atomic E-state index is 14.7. The van der Waals surface area contributed by atoms with Crippen LogP contribution in [0.1, 0.15) is 36.5 Å². The van der Waals surface area contributed by atoms with Gasteiger partial charge in [-0.3, -0.25) is 9.78 Å². The Bertz CT molecular complexity index is 1060. The van der Waals surface area contributed by atoms with Gasteiger partial charge in [0, 0.05) is 25.1 Å². The second-order valence-electron chi connectivity index (χ2n) is 7.13. The Balaban J connectivity index is 2.37. The number of nitrogens with zero attached hydrogens (tertiary/aromatic N) is 2. The van der Waals surface area contributed by atoms with E-state index in [1.807, 2.05) is 0 Å². The summed E-state index contributed by atoms with van der Waals surface area (Å²) in [6, 6.07) is 1.99. The minimum Gasteiger partial charge on any atom is -0.343 e. The number of hydrogen-bond acceptors (Lipinski definition) is 4. The molecule has 2 rings (SSSR count). The van der Waals surface area contributed by atoms with Gasteiger partial charge in [-0.2, -0.15) is 13.2 Å². The van der Waals surface area contributed by atoms with E-state index in [0.717, 1.165) is 29.9 Å². The number of alkyl halides is 5. The first-order chi connectivity index (χ1) is 13.6. The van der Waals surface area contributed by atoms with Gasteiger partial charge in [0.2, 0.25) is 0 Å². The zero-order chi connectivity index (χ0) is 23.1. The lowest BCUT2D eigenvalue weighted by Crippen LogP contribution is -2.38. The molecule has 6 nitrogen and oxygen atoms in total. The van der Waals surface area contributed by atoms with Crippen molar-refractivity contribution in [1.29, 1.82) is 0 Å². The Morgan fingerprint density at radius 1 is 1.27 bits per heavy atom. The van der Waals surface area contributed by atoms with Crippen molar-refractivity contribution in [2.45, 2.75) is 31.3 Å². The SMILES string of the molecule is Cn1cc(S(=O)(=O)CC(C)(C)C(F)(F)F)c(F)c1C(=O)Nc1ccnc(C(F)F)c1. The van der Waals surface area contributed by atoms with E-state index in [0.29, 0.717) is 20.0 Å². The lowest BCUT2D eigenvalue weighted by molar-refractivity contribution is -0.203. The number of hydrogen-bond donors (Lipinski definition) is 1. The van der Waals surface area contributed by atoms with E-state index >= 15 is 0 Å². The van der Waals surface area contributed by atoms with Crippen molar-refractivity contribution < 1.29 is 39.6 Å². The zero-order valence-electron chi connectivity index (χ0n) is 15.9. The molecule has 166 valence electrons. The predicted molar refractivity (Wildman–Crippen MR) is 94.4 cm³/mol. The highest BCUT2D eigenvalue weighted by Gasteiger charge is 2.50. The average Bonchev–Trinajstić information content (AvgIpc) is 2.88. The molecule has 0 aliphatic carbocycles. The molecule has 1 N–H and O–H groups in total. The van der Waals surface area contributed by atoms with E-state index in [2.05, 4.69) is 10.3 Å². The summed E-state index contributed by atoms with van der Waals surface area (Å²) < 4.78 is 105. The summed E-state index contributed by atoms with van der Waals surface area (Å²) in [4.78, 5) is 14.7. The van der Waals surface area contributed by atoms with E-state index in [4.69, 9.17) is 0 Å². The van der Waals surface area contributed by atoms with Crippen LogP contribution in [0.25, 0.3) is 0 Å². The Morgan fingerprint density at radius 3 is 2.40 bits per heavy atom. The molecule has 0 atom stereocenters. The number of amides is 1. The molecule has 0 saturated carbocycles. The second kappa shape index (κ2) is 7.93. The van der Waals surface area contributed by atoms with Crippen molar-refractivity contribution in [2.75, 3.05) is 11.1 Å². The maximum absolute atomic E-state index is 14.7. The normalized spacial score (nSPS) is 13.0.